The summed E-state index contributed by atoms with van der Waals surface area (Å²) in [5.74, 6) is 0.718. The van der Waals surface area contributed by atoms with Crippen molar-refractivity contribution >= 4 is 0 Å². The lowest BCUT2D eigenvalue weighted by molar-refractivity contribution is 0.449. The predicted octanol–water partition coefficient (Wildman–Crippen LogP) is 6.53. The van der Waals surface area contributed by atoms with Crippen LogP contribution in [0.25, 0.3) is 0 Å². The van der Waals surface area contributed by atoms with Crippen LogP contribution in [0.4, 0.5) is 0 Å². The summed E-state index contributed by atoms with van der Waals surface area (Å²) in [5.41, 5.74) is 5.28. The standard InChI is InChI=1S/C22H33N/c1-6-20(19(5)21-10-8-9-11-21)16-17(3)12-13-18(4)23(7-2)22-14-15-22/h7,12,16,21-22H,2,4-6,8-11,13-15H2,1,3H3/b17-12-,20-16-. The Morgan fingerprint density at radius 3 is 2.30 bits per heavy atom. The lowest BCUT2D eigenvalue weighted by atomic mass is 9.90. The molecule has 0 aromatic heterocycles. The van der Waals surface area contributed by atoms with Crippen molar-refractivity contribution in [3.63, 3.8) is 0 Å². The van der Waals surface area contributed by atoms with Crippen molar-refractivity contribution in [2.24, 2.45) is 5.92 Å². The van der Waals surface area contributed by atoms with Gasteiger partial charge in [-0.15, -0.1) is 0 Å². The minimum absolute atomic E-state index is 0.651. The zero-order valence-corrected chi connectivity index (χ0v) is 15.1. The molecule has 0 atom stereocenters. The molecule has 2 rings (SSSR count). The molecule has 0 aromatic rings. The Morgan fingerprint density at radius 1 is 1.13 bits per heavy atom. The van der Waals surface area contributed by atoms with Crippen LogP contribution in [-0.2, 0) is 0 Å². The largest absolute Gasteiger partial charge is 0.349 e. The van der Waals surface area contributed by atoms with E-state index in [4.69, 9.17) is 0 Å². The molecule has 0 unspecified atom stereocenters. The van der Waals surface area contributed by atoms with Gasteiger partial charge in [-0.3, -0.25) is 0 Å². The van der Waals surface area contributed by atoms with Gasteiger partial charge in [-0.05, 0) is 62.3 Å². The third-order valence-corrected chi connectivity index (χ3v) is 5.21. The van der Waals surface area contributed by atoms with Crippen LogP contribution >= 0.6 is 0 Å². The van der Waals surface area contributed by atoms with Crippen LogP contribution in [0, 0.1) is 5.92 Å². The molecule has 2 aliphatic rings. The Balaban J connectivity index is 1.96. The highest BCUT2D eigenvalue weighted by Gasteiger charge is 2.27. The summed E-state index contributed by atoms with van der Waals surface area (Å²) in [5, 5.41) is 0. The summed E-state index contributed by atoms with van der Waals surface area (Å²) in [6.07, 6.45) is 16.5. The van der Waals surface area contributed by atoms with E-state index in [0.717, 1.165) is 24.5 Å². The van der Waals surface area contributed by atoms with Gasteiger partial charge in [0, 0.05) is 18.2 Å². The van der Waals surface area contributed by atoms with Gasteiger partial charge in [0.05, 0.1) is 0 Å². The Morgan fingerprint density at radius 2 is 1.78 bits per heavy atom. The summed E-state index contributed by atoms with van der Waals surface area (Å²) in [4.78, 5) is 2.24. The highest BCUT2D eigenvalue weighted by Crippen LogP contribution is 2.35. The van der Waals surface area contributed by atoms with Crippen molar-refractivity contribution < 1.29 is 0 Å². The first-order chi connectivity index (χ1) is 11.1. The molecule has 0 saturated heterocycles. The Bertz CT molecular complexity index is 510. The topological polar surface area (TPSA) is 3.24 Å². The highest BCUT2D eigenvalue weighted by molar-refractivity contribution is 5.37. The Kier molecular flexibility index (Phi) is 6.50. The number of hydrogen-bond donors (Lipinski definition) is 0. The van der Waals surface area contributed by atoms with Crippen LogP contribution in [0.3, 0.4) is 0 Å². The quantitative estimate of drug-likeness (QED) is 0.438. The van der Waals surface area contributed by atoms with Gasteiger partial charge in [0.25, 0.3) is 0 Å². The van der Waals surface area contributed by atoms with Crippen molar-refractivity contribution in [2.75, 3.05) is 0 Å². The number of rotatable bonds is 9. The smallest absolute Gasteiger partial charge is 0.0334 e. The van der Waals surface area contributed by atoms with Gasteiger partial charge in [-0.25, -0.2) is 0 Å². The molecule has 1 heteroatoms. The Hall–Kier alpha value is -1.50. The molecule has 0 radical (unpaired) electrons. The minimum atomic E-state index is 0.651. The summed E-state index contributed by atoms with van der Waals surface area (Å²) < 4.78 is 0. The molecule has 2 aliphatic carbocycles. The molecule has 0 aliphatic heterocycles. The van der Waals surface area contributed by atoms with E-state index in [1.165, 1.54) is 55.2 Å². The molecule has 0 aromatic carbocycles. The molecule has 0 bridgehead atoms. The minimum Gasteiger partial charge on any atom is -0.349 e. The zero-order chi connectivity index (χ0) is 16.8. The van der Waals surface area contributed by atoms with Gasteiger partial charge in [0.2, 0.25) is 0 Å². The Labute approximate surface area is 143 Å². The van der Waals surface area contributed by atoms with Gasteiger partial charge >= 0.3 is 0 Å². The fourth-order valence-corrected chi connectivity index (χ4v) is 3.57. The molecule has 0 N–H and O–H groups in total. The second-order valence-electron chi connectivity index (χ2n) is 7.07. The van der Waals surface area contributed by atoms with Crippen molar-refractivity contribution in [3.05, 3.63) is 60.5 Å². The van der Waals surface area contributed by atoms with Gasteiger partial charge in [-0.2, -0.15) is 0 Å². The normalized spacial score (nSPS) is 19.7. The maximum Gasteiger partial charge on any atom is 0.0334 e. The van der Waals surface area contributed by atoms with Crippen LogP contribution in [0.5, 0.6) is 0 Å². The third-order valence-electron chi connectivity index (χ3n) is 5.21. The maximum atomic E-state index is 4.39. The second kappa shape index (κ2) is 8.38. The molecule has 2 fully saturated rings. The number of nitrogens with zero attached hydrogens (tertiary/aromatic N) is 1. The van der Waals surface area contributed by atoms with E-state index in [1.807, 2.05) is 6.20 Å². The van der Waals surface area contributed by atoms with Gasteiger partial charge in [0.1, 0.15) is 0 Å². The van der Waals surface area contributed by atoms with Crippen LogP contribution in [0.15, 0.2) is 60.5 Å². The molecule has 2 saturated carbocycles. The van der Waals surface area contributed by atoms with Crippen LogP contribution in [0.2, 0.25) is 0 Å². The first-order valence-corrected chi connectivity index (χ1v) is 9.22. The van der Waals surface area contributed by atoms with Crippen molar-refractivity contribution in [1.29, 1.82) is 0 Å². The second-order valence-corrected chi connectivity index (χ2v) is 7.07. The van der Waals surface area contributed by atoms with Crippen LogP contribution < -0.4 is 0 Å². The summed E-state index contributed by atoms with van der Waals surface area (Å²) in [6, 6.07) is 0.651. The third kappa shape index (κ3) is 4.99. The maximum absolute atomic E-state index is 4.39. The average molecular weight is 312 g/mol. The van der Waals surface area contributed by atoms with Crippen molar-refractivity contribution in [2.45, 2.75) is 71.3 Å². The summed E-state index contributed by atoms with van der Waals surface area (Å²) in [6.45, 7) is 17.0. The first kappa shape index (κ1) is 17.8. The van der Waals surface area contributed by atoms with E-state index in [9.17, 15) is 0 Å². The number of hydrogen-bond acceptors (Lipinski definition) is 1. The highest BCUT2D eigenvalue weighted by atomic mass is 15.2. The predicted molar refractivity (Wildman–Crippen MR) is 102 cm³/mol. The van der Waals surface area contributed by atoms with E-state index in [0.29, 0.717) is 6.04 Å². The van der Waals surface area contributed by atoms with Crippen molar-refractivity contribution in [3.8, 4) is 0 Å². The SMILES string of the molecule is C=CN(C(=C)C/C=C(C)\C=C(\CC)C(=C)C1CCCC1)C1CC1. The molecular formula is C22H33N. The lowest BCUT2D eigenvalue weighted by Crippen LogP contribution is -2.17. The molecule has 0 amide bonds. The van der Waals surface area contributed by atoms with Gasteiger partial charge < -0.3 is 4.90 Å². The van der Waals surface area contributed by atoms with E-state index in [-0.39, 0.29) is 0 Å². The molecule has 1 nitrogen and oxygen atoms in total. The molecule has 23 heavy (non-hydrogen) atoms. The first-order valence-electron chi connectivity index (χ1n) is 9.22. The molecular weight excluding hydrogens is 278 g/mol. The lowest BCUT2D eigenvalue weighted by Gasteiger charge is -2.21. The fraction of sp³-hybridized carbons (Fsp3) is 0.545. The summed E-state index contributed by atoms with van der Waals surface area (Å²) >= 11 is 0. The van der Waals surface area contributed by atoms with Crippen molar-refractivity contribution in [1.82, 2.24) is 4.90 Å². The fourth-order valence-electron chi connectivity index (χ4n) is 3.57. The van der Waals surface area contributed by atoms with E-state index < -0.39 is 0 Å². The molecule has 0 heterocycles. The van der Waals surface area contributed by atoms with E-state index >= 15 is 0 Å². The monoisotopic (exact) mass is 311 g/mol. The zero-order valence-electron chi connectivity index (χ0n) is 15.1. The van der Waals surface area contributed by atoms with Crippen LogP contribution in [0.1, 0.15) is 65.2 Å². The van der Waals surface area contributed by atoms with Gasteiger partial charge in [-0.1, -0.05) is 57.2 Å². The van der Waals surface area contributed by atoms with Gasteiger partial charge in [0.15, 0.2) is 0 Å². The van der Waals surface area contributed by atoms with Crippen LogP contribution in [-0.4, -0.2) is 10.9 Å². The summed E-state index contributed by atoms with van der Waals surface area (Å²) in [7, 11) is 0. The molecule has 0 spiro atoms. The average Bonchev–Trinajstić information content (AvgIpc) is 3.22. The number of allylic oxidation sites excluding steroid dienone is 5. The van der Waals surface area contributed by atoms with E-state index in [2.05, 4.69) is 50.6 Å². The van der Waals surface area contributed by atoms with E-state index in [1.54, 1.807) is 0 Å². The molecule has 126 valence electrons.